The highest BCUT2D eigenvalue weighted by molar-refractivity contribution is 9.10. The normalized spacial score (nSPS) is 13.8. The fourth-order valence-electron chi connectivity index (χ4n) is 2.56. The summed E-state index contributed by atoms with van der Waals surface area (Å²) in [5, 5.41) is 9.58. The molecule has 2 N–H and O–H groups in total. The van der Waals surface area contributed by atoms with Crippen LogP contribution in [-0.2, 0) is 14.8 Å². The van der Waals surface area contributed by atoms with Gasteiger partial charge in [0.15, 0.2) is 5.82 Å². The van der Waals surface area contributed by atoms with E-state index in [9.17, 15) is 18.3 Å². The maximum Gasteiger partial charge on any atom is 0.322 e. The van der Waals surface area contributed by atoms with Crippen LogP contribution in [-0.4, -0.2) is 35.5 Å². The zero-order valence-electron chi connectivity index (χ0n) is 14.6. The quantitative estimate of drug-likeness (QED) is 0.534. The molecule has 1 aromatic carbocycles. The zero-order valence-corrected chi connectivity index (χ0v) is 17.8. The van der Waals surface area contributed by atoms with Crippen LogP contribution >= 0.6 is 27.3 Å². The average molecular weight is 482 g/mol. The van der Waals surface area contributed by atoms with Crippen LogP contribution < -0.4 is 4.72 Å². The van der Waals surface area contributed by atoms with Crippen molar-refractivity contribution in [2.75, 3.05) is 0 Å². The third-order valence-electron chi connectivity index (χ3n) is 4.06. The molecule has 2 heterocycles. The van der Waals surface area contributed by atoms with Gasteiger partial charge in [-0.2, -0.15) is 4.72 Å². The molecule has 2 unspecified atom stereocenters. The highest BCUT2D eigenvalue weighted by Crippen LogP contribution is 2.29. The van der Waals surface area contributed by atoms with Crippen LogP contribution in [0, 0.1) is 0 Å². The number of thiophene rings is 1. The van der Waals surface area contributed by atoms with E-state index in [0.29, 0.717) is 15.2 Å². The molecule has 28 heavy (non-hydrogen) atoms. The van der Waals surface area contributed by atoms with Crippen molar-refractivity contribution in [3.05, 3.63) is 64.9 Å². The molecule has 0 amide bonds. The Kier molecular flexibility index (Phi) is 6.23. The topological polar surface area (TPSA) is 109 Å². The standard InChI is InChI=1S/C18H16BrN3O4S2/c1-11(12-5-3-2-4-6-12)16(18(23)24)22-28(25,26)15-8-7-14(27-15)17-20-9-13(19)10-21-17/h2-11,16,22H,1H3,(H,23,24). The average Bonchev–Trinajstić information content (AvgIpc) is 3.18. The molecule has 2 atom stereocenters. The Bertz CT molecular complexity index is 1070. The molecule has 0 bridgehead atoms. The molecular formula is C18H16BrN3O4S2. The number of nitrogens with one attached hydrogen (secondary N) is 1. The second-order valence-electron chi connectivity index (χ2n) is 5.98. The fraction of sp³-hybridized carbons (Fsp3) is 0.167. The van der Waals surface area contributed by atoms with E-state index in [1.54, 1.807) is 49.6 Å². The van der Waals surface area contributed by atoms with Gasteiger partial charge in [-0.3, -0.25) is 4.79 Å². The van der Waals surface area contributed by atoms with Gasteiger partial charge in [0.05, 0.1) is 9.35 Å². The van der Waals surface area contributed by atoms with E-state index in [0.717, 1.165) is 16.9 Å². The number of carbonyl (C=O) groups is 1. The molecule has 0 saturated heterocycles. The summed E-state index contributed by atoms with van der Waals surface area (Å²) in [6.07, 6.45) is 3.13. The van der Waals surface area contributed by atoms with Gasteiger partial charge in [0.2, 0.25) is 0 Å². The largest absolute Gasteiger partial charge is 0.480 e. The van der Waals surface area contributed by atoms with Crippen LogP contribution in [0.3, 0.4) is 0 Å². The lowest BCUT2D eigenvalue weighted by Crippen LogP contribution is -2.43. The zero-order chi connectivity index (χ0) is 20.3. The molecule has 0 aliphatic rings. The second kappa shape index (κ2) is 8.48. The van der Waals surface area contributed by atoms with E-state index in [-0.39, 0.29) is 4.21 Å². The molecule has 2 aromatic heterocycles. The Labute approximate surface area is 174 Å². The molecular weight excluding hydrogens is 466 g/mol. The first kappa shape index (κ1) is 20.6. The molecule has 10 heteroatoms. The first-order chi connectivity index (χ1) is 13.3. The first-order valence-electron chi connectivity index (χ1n) is 8.16. The highest BCUT2D eigenvalue weighted by atomic mass is 79.9. The predicted octanol–water partition coefficient (Wildman–Crippen LogP) is 3.50. The Morgan fingerprint density at radius 2 is 1.79 bits per heavy atom. The highest BCUT2D eigenvalue weighted by Gasteiger charge is 2.32. The van der Waals surface area contributed by atoms with Gasteiger partial charge in [-0.05, 0) is 33.6 Å². The van der Waals surface area contributed by atoms with Gasteiger partial charge in [0.1, 0.15) is 10.3 Å². The van der Waals surface area contributed by atoms with Crippen molar-refractivity contribution in [3.63, 3.8) is 0 Å². The van der Waals surface area contributed by atoms with Gasteiger partial charge in [0.25, 0.3) is 10.0 Å². The third kappa shape index (κ3) is 4.64. The monoisotopic (exact) mass is 481 g/mol. The Morgan fingerprint density at radius 3 is 2.39 bits per heavy atom. The SMILES string of the molecule is CC(c1ccccc1)C(NS(=O)(=O)c1ccc(-c2ncc(Br)cn2)s1)C(=O)O. The van der Waals surface area contributed by atoms with Crippen molar-refractivity contribution in [3.8, 4) is 10.7 Å². The molecule has 0 spiro atoms. The number of sulfonamides is 1. The van der Waals surface area contributed by atoms with Crippen molar-refractivity contribution in [1.82, 2.24) is 14.7 Å². The summed E-state index contributed by atoms with van der Waals surface area (Å²) < 4.78 is 28.6. The Balaban J connectivity index is 1.85. The first-order valence-corrected chi connectivity index (χ1v) is 11.2. The number of aliphatic carboxylic acids is 1. The summed E-state index contributed by atoms with van der Waals surface area (Å²) in [7, 11) is -4.03. The summed E-state index contributed by atoms with van der Waals surface area (Å²) in [5.74, 6) is -1.40. The summed E-state index contributed by atoms with van der Waals surface area (Å²) >= 11 is 4.22. The van der Waals surface area contributed by atoms with Gasteiger partial charge in [-0.15, -0.1) is 11.3 Å². The molecule has 0 fully saturated rings. The van der Waals surface area contributed by atoms with E-state index < -0.39 is 28.0 Å². The van der Waals surface area contributed by atoms with Crippen LogP contribution in [0.15, 0.2) is 63.5 Å². The van der Waals surface area contributed by atoms with E-state index >= 15 is 0 Å². The summed E-state index contributed by atoms with van der Waals surface area (Å²) in [6.45, 7) is 1.67. The molecule has 0 aliphatic heterocycles. The van der Waals surface area contributed by atoms with Crippen molar-refractivity contribution < 1.29 is 18.3 Å². The van der Waals surface area contributed by atoms with Gasteiger partial charge in [-0.25, -0.2) is 18.4 Å². The number of hydrogen-bond donors (Lipinski definition) is 2. The lowest BCUT2D eigenvalue weighted by atomic mass is 9.94. The second-order valence-corrected chi connectivity index (χ2v) is 9.92. The van der Waals surface area contributed by atoms with E-state index in [2.05, 4.69) is 30.6 Å². The number of halogens is 1. The lowest BCUT2D eigenvalue weighted by Gasteiger charge is -2.21. The van der Waals surface area contributed by atoms with E-state index in [4.69, 9.17) is 0 Å². The van der Waals surface area contributed by atoms with Crippen LogP contribution in [0.2, 0.25) is 0 Å². The van der Waals surface area contributed by atoms with Crippen LogP contribution in [0.25, 0.3) is 10.7 Å². The number of carboxylic acids is 1. The number of rotatable bonds is 7. The van der Waals surface area contributed by atoms with Gasteiger partial charge in [0, 0.05) is 18.3 Å². The molecule has 3 rings (SSSR count). The predicted molar refractivity (Wildman–Crippen MR) is 110 cm³/mol. The van der Waals surface area contributed by atoms with Crippen molar-refractivity contribution >= 4 is 43.3 Å². The molecule has 3 aromatic rings. The summed E-state index contributed by atoms with van der Waals surface area (Å²) in [5.41, 5.74) is 0.729. The van der Waals surface area contributed by atoms with Gasteiger partial charge >= 0.3 is 5.97 Å². The third-order valence-corrected chi connectivity index (χ3v) is 7.48. The summed E-state index contributed by atoms with van der Waals surface area (Å²) in [6, 6.07) is 10.6. The van der Waals surface area contributed by atoms with Gasteiger partial charge < -0.3 is 5.11 Å². The van der Waals surface area contributed by atoms with Crippen molar-refractivity contribution in [1.29, 1.82) is 0 Å². The maximum absolute atomic E-state index is 12.8. The molecule has 7 nitrogen and oxygen atoms in total. The number of benzene rings is 1. The van der Waals surface area contributed by atoms with Crippen molar-refractivity contribution in [2.45, 2.75) is 23.1 Å². The molecule has 146 valence electrons. The molecule has 0 saturated carbocycles. The van der Waals surface area contributed by atoms with Gasteiger partial charge in [-0.1, -0.05) is 37.3 Å². The molecule has 0 radical (unpaired) electrons. The molecule has 0 aliphatic carbocycles. The van der Waals surface area contributed by atoms with E-state index in [1.807, 2.05) is 6.07 Å². The minimum absolute atomic E-state index is 0.000491. The number of hydrogen-bond acceptors (Lipinski definition) is 6. The van der Waals surface area contributed by atoms with Crippen LogP contribution in [0.5, 0.6) is 0 Å². The number of nitrogens with zero attached hydrogens (tertiary/aromatic N) is 2. The Morgan fingerprint density at radius 1 is 1.14 bits per heavy atom. The number of aromatic nitrogens is 2. The maximum atomic E-state index is 12.8. The lowest BCUT2D eigenvalue weighted by molar-refractivity contribution is -0.139. The van der Waals surface area contributed by atoms with Crippen molar-refractivity contribution in [2.24, 2.45) is 0 Å². The van der Waals surface area contributed by atoms with E-state index in [1.165, 1.54) is 6.07 Å². The van der Waals surface area contributed by atoms with Crippen LogP contribution in [0.1, 0.15) is 18.4 Å². The fourth-order valence-corrected chi connectivity index (χ4v) is 5.31. The minimum atomic E-state index is -4.03. The summed E-state index contributed by atoms with van der Waals surface area (Å²) in [4.78, 5) is 20.6. The minimum Gasteiger partial charge on any atom is -0.480 e. The number of carboxylic acid groups (broad SMARTS) is 1. The van der Waals surface area contributed by atoms with Crippen LogP contribution in [0.4, 0.5) is 0 Å². The smallest absolute Gasteiger partial charge is 0.322 e. The Hall–Kier alpha value is -2.14.